The van der Waals surface area contributed by atoms with E-state index in [1.165, 1.54) is 27.8 Å². The first kappa shape index (κ1) is 16.2. The standard InChI is InChI=1S/C18H20.C2H6/c1-5-15-10-11-17(13(2)3)12-18(15)16-8-6-14(4)7-9-16;1-2/h6-12H,2,5H2,1,3-4H3;1-2H3. The number of aryl methyl sites for hydroxylation is 2. The van der Waals surface area contributed by atoms with E-state index in [9.17, 15) is 0 Å². The second-order valence-corrected chi connectivity index (χ2v) is 4.87. The van der Waals surface area contributed by atoms with Crippen molar-refractivity contribution in [3.8, 4) is 11.1 Å². The van der Waals surface area contributed by atoms with Crippen LogP contribution in [-0.2, 0) is 6.42 Å². The summed E-state index contributed by atoms with van der Waals surface area (Å²) in [6.07, 6.45) is 1.06. The highest BCUT2D eigenvalue weighted by atomic mass is 14.1. The zero-order chi connectivity index (χ0) is 15.1. The fourth-order valence-corrected chi connectivity index (χ4v) is 2.15. The van der Waals surface area contributed by atoms with Gasteiger partial charge in [0.25, 0.3) is 0 Å². The van der Waals surface area contributed by atoms with Gasteiger partial charge >= 0.3 is 0 Å². The van der Waals surface area contributed by atoms with Gasteiger partial charge in [0.2, 0.25) is 0 Å². The van der Waals surface area contributed by atoms with Crippen LogP contribution in [0.3, 0.4) is 0 Å². The quantitative estimate of drug-likeness (QED) is 0.613. The molecule has 106 valence electrons. The van der Waals surface area contributed by atoms with Crippen LogP contribution in [0.5, 0.6) is 0 Å². The molecular formula is C20H26. The van der Waals surface area contributed by atoms with Crippen molar-refractivity contribution in [2.24, 2.45) is 0 Å². The molecule has 0 saturated carbocycles. The molecule has 2 aromatic rings. The maximum atomic E-state index is 4.03. The van der Waals surface area contributed by atoms with Crippen molar-refractivity contribution in [3.63, 3.8) is 0 Å². The molecule has 2 rings (SSSR count). The molecule has 2 aromatic carbocycles. The predicted octanol–water partition coefficient (Wildman–Crippen LogP) is 6.28. The lowest BCUT2D eigenvalue weighted by Gasteiger charge is -2.11. The number of rotatable bonds is 3. The summed E-state index contributed by atoms with van der Waals surface area (Å²) in [6, 6.07) is 15.4. The molecule has 0 aliphatic carbocycles. The smallest absolute Gasteiger partial charge is 0.0146 e. The minimum Gasteiger partial charge on any atom is -0.0955 e. The summed E-state index contributed by atoms with van der Waals surface area (Å²) in [5.41, 5.74) is 7.66. The molecule has 0 aromatic heterocycles. The fourth-order valence-electron chi connectivity index (χ4n) is 2.15. The van der Waals surface area contributed by atoms with Crippen LogP contribution in [0.15, 0.2) is 49.0 Å². The molecule has 0 unspecified atom stereocenters. The molecule has 0 amide bonds. The maximum Gasteiger partial charge on any atom is -0.0146 e. The molecule has 0 heterocycles. The van der Waals surface area contributed by atoms with Gasteiger partial charge in [0.05, 0.1) is 0 Å². The van der Waals surface area contributed by atoms with Crippen LogP contribution in [0, 0.1) is 6.92 Å². The summed E-state index contributed by atoms with van der Waals surface area (Å²) in [5, 5.41) is 0. The molecule has 0 saturated heterocycles. The van der Waals surface area contributed by atoms with Crippen molar-refractivity contribution in [2.75, 3.05) is 0 Å². The van der Waals surface area contributed by atoms with E-state index in [2.05, 4.69) is 69.8 Å². The summed E-state index contributed by atoms with van der Waals surface area (Å²) in [4.78, 5) is 0. The van der Waals surface area contributed by atoms with Crippen molar-refractivity contribution < 1.29 is 0 Å². The summed E-state index contributed by atoms with van der Waals surface area (Å²) in [5.74, 6) is 0. The molecule has 0 aliphatic heterocycles. The van der Waals surface area contributed by atoms with Crippen LogP contribution in [0.25, 0.3) is 16.7 Å². The van der Waals surface area contributed by atoms with E-state index in [-0.39, 0.29) is 0 Å². The molecular weight excluding hydrogens is 240 g/mol. The normalized spacial score (nSPS) is 9.65. The van der Waals surface area contributed by atoms with E-state index in [1.807, 2.05) is 13.8 Å². The molecule has 0 nitrogen and oxygen atoms in total. The van der Waals surface area contributed by atoms with Gasteiger partial charge in [-0.05, 0) is 48.6 Å². The summed E-state index contributed by atoms with van der Waals surface area (Å²) in [7, 11) is 0. The largest absolute Gasteiger partial charge is 0.0955 e. The first-order valence-corrected chi connectivity index (χ1v) is 7.47. The maximum absolute atomic E-state index is 4.03. The summed E-state index contributed by atoms with van der Waals surface area (Å²) >= 11 is 0. The molecule has 0 heteroatoms. The minimum atomic E-state index is 1.06. The second-order valence-electron chi connectivity index (χ2n) is 4.87. The number of benzene rings is 2. The highest BCUT2D eigenvalue weighted by Gasteiger charge is 2.05. The Hall–Kier alpha value is -1.82. The van der Waals surface area contributed by atoms with Gasteiger partial charge in [-0.2, -0.15) is 0 Å². The van der Waals surface area contributed by atoms with Gasteiger partial charge in [-0.15, -0.1) is 0 Å². The third-order valence-electron chi connectivity index (χ3n) is 3.35. The molecule has 0 aliphatic rings. The number of hydrogen-bond donors (Lipinski definition) is 0. The summed E-state index contributed by atoms with van der Waals surface area (Å²) in [6.45, 7) is 14.4. The Labute approximate surface area is 124 Å². The van der Waals surface area contributed by atoms with Crippen molar-refractivity contribution in [1.82, 2.24) is 0 Å². The topological polar surface area (TPSA) is 0 Å². The van der Waals surface area contributed by atoms with Crippen LogP contribution in [-0.4, -0.2) is 0 Å². The van der Waals surface area contributed by atoms with E-state index < -0.39 is 0 Å². The summed E-state index contributed by atoms with van der Waals surface area (Å²) < 4.78 is 0. The first-order chi connectivity index (χ1) is 9.61. The Kier molecular flexibility index (Phi) is 6.24. The Morgan fingerprint density at radius 3 is 2.10 bits per heavy atom. The molecule has 0 spiro atoms. The molecule has 0 bridgehead atoms. The molecule has 0 N–H and O–H groups in total. The zero-order valence-corrected chi connectivity index (χ0v) is 13.5. The lowest BCUT2D eigenvalue weighted by Crippen LogP contribution is -1.90. The Balaban J connectivity index is 0.000000956. The zero-order valence-electron chi connectivity index (χ0n) is 13.5. The average Bonchev–Trinajstić information content (AvgIpc) is 2.49. The van der Waals surface area contributed by atoms with E-state index in [0.29, 0.717) is 0 Å². The Morgan fingerprint density at radius 1 is 1.00 bits per heavy atom. The SMILES string of the molecule is C=C(C)c1ccc(CC)c(-c2ccc(C)cc2)c1.CC. The monoisotopic (exact) mass is 266 g/mol. The Bertz CT molecular complexity index is 559. The van der Waals surface area contributed by atoms with Gasteiger partial charge in [0, 0.05) is 0 Å². The Morgan fingerprint density at radius 2 is 1.60 bits per heavy atom. The molecule has 20 heavy (non-hydrogen) atoms. The van der Waals surface area contributed by atoms with Crippen molar-refractivity contribution >= 4 is 5.57 Å². The van der Waals surface area contributed by atoms with Gasteiger partial charge in [-0.25, -0.2) is 0 Å². The van der Waals surface area contributed by atoms with E-state index >= 15 is 0 Å². The first-order valence-electron chi connectivity index (χ1n) is 7.47. The van der Waals surface area contributed by atoms with Gasteiger partial charge < -0.3 is 0 Å². The lowest BCUT2D eigenvalue weighted by molar-refractivity contribution is 1.14. The van der Waals surface area contributed by atoms with E-state index in [4.69, 9.17) is 0 Å². The fraction of sp³-hybridized carbons (Fsp3) is 0.300. The van der Waals surface area contributed by atoms with Crippen LogP contribution < -0.4 is 0 Å². The highest BCUT2D eigenvalue weighted by molar-refractivity contribution is 5.73. The average molecular weight is 266 g/mol. The van der Waals surface area contributed by atoms with Gasteiger partial charge in [-0.3, -0.25) is 0 Å². The van der Waals surface area contributed by atoms with Gasteiger partial charge in [-0.1, -0.05) is 74.9 Å². The van der Waals surface area contributed by atoms with Crippen molar-refractivity contribution in [1.29, 1.82) is 0 Å². The van der Waals surface area contributed by atoms with E-state index in [1.54, 1.807) is 0 Å². The molecule has 0 atom stereocenters. The lowest BCUT2D eigenvalue weighted by atomic mass is 9.94. The van der Waals surface area contributed by atoms with Crippen molar-refractivity contribution in [2.45, 2.75) is 41.0 Å². The number of hydrogen-bond acceptors (Lipinski definition) is 0. The molecule has 0 radical (unpaired) electrons. The minimum absolute atomic E-state index is 1.06. The van der Waals surface area contributed by atoms with Crippen LogP contribution in [0.2, 0.25) is 0 Å². The third kappa shape index (κ3) is 3.84. The van der Waals surface area contributed by atoms with Crippen LogP contribution in [0.1, 0.15) is 44.4 Å². The van der Waals surface area contributed by atoms with Gasteiger partial charge in [0.15, 0.2) is 0 Å². The van der Waals surface area contributed by atoms with E-state index in [0.717, 1.165) is 12.0 Å². The third-order valence-corrected chi connectivity index (χ3v) is 3.35. The van der Waals surface area contributed by atoms with Crippen LogP contribution in [0.4, 0.5) is 0 Å². The second kappa shape index (κ2) is 7.69. The highest BCUT2D eigenvalue weighted by Crippen LogP contribution is 2.28. The number of allylic oxidation sites excluding steroid dienone is 1. The van der Waals surface area contributed by atoms with Crippen molar-refractivity contribution in [3.05, 3.63) is 65.7 Å². The predicted molar refractivity (Wildman–Crippen MR) is 92.0 cm³/mol. The van der Waals surface area contributed by atoms with Gasteiger partial charge in [0.1, 0.15) is 0 Å². The molecule has 0 fully saturated rings. The van der Waals surface area contributed by atoms with Crippen LogP contribution >= 0.6 is 0 Å².